The SMILES string of the molecule is O=C(O)c1ccc2ccn(CCN3CCCC3)c2c1. The van der Waals surface area contributed by atoms with Gasteiger partial charge in [-0.05, 0) is 49.5 Å². The molecule has 4 nitrogen and oxygen atoms in total. The fraction of sp³-hybridized carbons (Fsp3) is 0.400. The molecule has 1 aromatic carbocycles. The van der Waals surface area contributed by atoms with Crippen LogP contribution in [0.15, 0.2) is 30.5 Å². The third-order valence-electron chi connectivity index (χ3n) is 3.88. The van der Waals surface area contributed by atoms with E-state index in [9.17, 15) is 4.79 Å². The molecule has 0 radical (unpaired) electrons. The van der Waals surface area contributed by atoms with E-state index in [4.69, 9.17) is 5.11 Å². The topological polar surface area (TPSA) is 45.5 Å². The Kier molecular flexibility index (Phi) is 3.25. The number of benzene rings is 1. The largest absolute Gasteiger partial charge is 0.478 e. The van der Waals surface area contributed by atoms with E-state index in [0.29, 0.717) is 5.56 Å². The Morgan fingerprint density at radius 2 is 1.95 bits per heavy atom. The molecule has 0 spiro atoms. The lowest BCUT2D eigenvalue weighted by molar-refractivity contribution is 0.0697. The average Bonchev–Trinajstić information content (AvgIpc) is 3.05. The average molecular weight is 258 g/mol. The summed E-state index contributed by atoms with van der Waals surface area (Å²) in [5.41, 5.74) is 1.37. The summed E-state index contributed by atoms with van der Waals surface area (Å²) >= 11 is 0. The zero-order valence-corrected chi connectivity index (χ0v) is 10.9. The number of carbonyl (C=O) groups is 1. The molecule has 1 N–H and O–H groups in total. The molecule has 2 heterocycles. The molecule has 2 aromatic rings. The zero-order chi connectivity index (χ0) is 13.2. The van der Waals surface area contributed by atoms with Crippen LogP contribution in [0.3, 0.4) is 0 Å². The maximum absolute atomic E-state index is 11.0. The lowest BCUT2D eigenvalue weighted by Gasteiger charge is -2.15. The van der Waals surface area contributed by atoms with Crippen molar-refractivity contribution in [2.45, 2.75) is 19.4 Å². The highest BCUT2D eigenvalue weighted by molar-refractivity contribution is 5.93. The number of carboxylic acids is 1. The molecular formula is C15H18N2O2. The highest BCUT2D eigenvalue weighted by Gasteiger charge is 2.12. The van der Waals surface area contributed by atoms with Crippen LogP contribution in [0.4, 0.5) is 0 Å². The fourth-order valence-corrected chi connectivity index (χ4v) is 2.77. The highest BCUT2D eigenvalue weighted by atomic mass is 16.4. The van der Waals surface area contributed by atoms with Crippen molar-refractivity contribution >= 4 is 16.9 Å². The van der Waals surface area contributed by atoms with Crippen LogP contribution in [0.1, 0.15) is 23.2 Å². The van der Waals surface area contributed by atoms with Gasteiger partial charge in [0.15, 0.2) is 0 Å². The molecular weight excluding hydrogens is 240 g/mol. The van der Waals surface area contributed by atoms with Crippen LogP contribution in [0.2, 0.25) is 0 Å². The van der Waals surface area contributed by atoms with Crippen LogP contribution >= 0.6 is 0 Å². The smallest absolute Gasteiger partial charge is 0.335 e. The minimum Gasteiger partial charge on any atom is -0.478 e. The van der Waals surface area contributed by atoms with Crippen LogP contribution in [0, 0.1) is 0 Å². The van der Waals surface area contributed by atoms with E-state index in [-0.39, 0.29) is 0 Å². The molecule has 1 aliphatic heterocycles. The quantitative estimate of drug-likeness (QED) is 0.916. The van der Waals surface area contributed by atoms with E-state index in [1.54, 1.807) is 12.1 Å². The Hall–Kier alpha value is -1.81. The normalized spacial score (nSPS) is 16.2. The maximum Gasteiger partial charge on any atom is 0.335 e. The van der Waals surface area contributed by atoms with Gasteiger partial charge in [-0.3, -0.25) is 0 Å². The first-order chi connectivity index (χ1) is 9.24. The molecule has 0 bridgehead atoms. The number of carboxylic acid groups (broad SMARTS) is 1. The highest BCUT2D eigenvalue weighted by Crippen LogP contribution is 2.18. The van der Waals surface area contributed by atoms with Crippen molar-refractivity contribution in [3.63, 3.8) is 0 Å². The lowest BCUT2D eigenvalue weighted by Crippen LogP contribution is -2.23. The maximum atomic E-state index is 11.0. The van der Waals surface area contributed by atoms with Gasteiger partial charge in [0.25, 0.3) is 0 Å². The van der Waals surface area contributed by atoms with Crippen molar-refractivity contribution in [1.82, 2.24) is 9.47 Å². The molecule has 4 heteroatoms. The molecule has 1 aromatic heterocycles. The van der Waals surface area contributed by atoms with Crippen molar-refractivity contribution in [3.8, 4) is 0 Å². The monoisotopic (exact) mass is 258 g/mol. The molecule has 1 fully saturated rings. The minimum atomic E-state index is -0.866. The molecule has 0 atom stereocenters. The van der Waals surface area contributed by atoms with Crippen molar-refractivity contribution in [2.75, 3.05) is 19.6 Å². The van der Waals surface area contributed by atoms with E-state index in [1.807, 2.05) is 18.3 Å². The van der Waals surface area contributed by atoms with Crippen molar-refractivity contribution < 1.29 is 9.90 Å². The van der Waals surface area contributed by atoms with Gasteiger partial charge < -0.3 is 14.6 Å². The predicted octanol–water partition coefficient (Wildman–Crippen LogP) is 2.44. The van der Waals surface area contributed by atoms with Gasteiger partial charge in [-0.2, -0.15) is 0 Å². The minimum absolute atomic E-state index is 0.355. The van der Waals surface area contributed by atoms with Gasteiger partial charge in [0.2, 0.25) is 0 Å². The molecule has 19 heavy (non-hydrogen) atoms. The fourth-order valence-electron chi connectivity index (χ4n) is 2.77. The lowest BCUT2D eigenvalue weighted by atomic mass is 10.1. The summed E-state index contributed by atoms with van der Waals surface area (Å²) in [7, 11) is 0. The molecule has 0 amide bonds. The predicted molar refractivity (Wildman–Crippen MR) is 74.6 cm³/mol. The Morgan fingerprint density at radius 3 is 2.68 bits per heavy atom. The summed E-state index contributed by atoms with van der Waals surface area (Å²) < 4.78 is 2.15. The van der Waals surface area contributed by atoms with Gasteiger partial charge in [0, 0.05) is 24.8 Å². The summed E-state index contributed by atoms with van der Waals surface area (Å²) in [6, 6.07) is 7.35. The van der Waals surface area contributed by atoms with E-state index < -0.39 is 5.97 Å². The van der Waals surface area contributed by atoms with Crippen LogP contribution in [-0.4, -0.2) is 40.2 Å². The Bertz CT molecular complexity index is 597. The van der Waals surface area contributed by atoms with Gasteiger partial charge in [-0.25, -0.2) is 4.79 Å². The molecule has 1 saturated heterocycles. The number of fused-ring (bicyclic) bond motifs is 1. The summed E-state index contributed by atoms with van der Waals surface area (Å²) in [5.74, 6) is -0.866. The third kappa shape index (κ3) is 2.49. The zero-order valence-electron chi connectivity index (χ0n) is 10.9. The molecule has 100 valence electrons. The molecule has 1 aliphatic rings. The summed E-state index contributed by atoms with van der Waals surface area (Å²) in [4.78, 5) is 13.5. The van der Waals surface area contributed by atoms with Gasteiger partial charge in [-0.15, -0.1) is 0 Å². The molecule has 0 aliphatic carbocycles. The third-order valence-corrected chi connectivity index (χ3v) is 3.88. The van der Waals surface area contributed by atoms with Crippen LogP contribution in [-0.2, 0) is 6.54 Å². The number of nitrogens with zero attached hydrogens (tertiary/aromatic N) is 2. The number of hydrogen-bond donors (Lipinski definition) is 1. The molecule has 0 unspecified atom stereocenters. The van der Waals surface area contributed by atoms with Crippen molar-refractivity contribution in [3.05, 3.63) is 36.0 Å². The van der Waals surface area contributed by atoms with Crippen molar-refractivity contribution in [1.29, 1.82) is 0 Å². The Balaban J connectivity index is 1.81. The van der Waals surface area contributed by atoms with E-state index in [1.165, 1.54) is 25.9 Å². The number of likely N-dealkylation sites (tertiary alicyclic amines) is 1. The molecule has 0 saturated carbocycles. The summed E-state index contributed by atoms with van der Waals surface area (Å²) in [6.45, 7) is 4.35. The van der Waals surface area contributed by atoms with Crippen LogP contribution in [0.25, 0.3) is 10.9 Å². The number of aromatic nitrogens is 1. The van der Waals surface area contributed by atoms with Crippen LogP contribution < -0.4 is 0 Å². The molecule has 3 rings (SSSR count). The first-order valence-electron chi connectivity index (χ1n) is 6.78. The Labute approximate surface area is 112 Å². The number of rotatable bonds is 4. The summed E-state index contributed by atoms with van der Waals surface area (Å²) in [6.07, 6.45) is 4.65. The van der Waals surface area contributed by atoms with Gasteiger partial charge in [0.05, 0.1) is 5.56 Å². The van der Waals surface area contributed by atoms with Crippen molar-refractivity contribution in [2.24, 2.45) is 0 Å². The van der Waals surface area contributed by atoms with E-state index in [0.717, 1.165) is 24.0 Å². The number of aromatic carboxylic acids is 1. The summed E-state index contributed by atoms with van der Waals surface area (Å²) in [5, 5.41) is 10.2. The second kappa shape index (κ2) is 5.05. The Morgan fingerprint density at radius 1 is 1.16 bits per heavy atom. The first kappa shape index (κ1) is 12.2. The van der Waals surface area contributed by atoms with E-state index in [2.05, 4.69) is 9.47 Å². The van der Waals surface area contributed by atoms with E-state index >= 15 is 0 Å². The first-order valence-corrected chi connectivity index (χ1v) is 6.78. The number of hydrogen-bond acceptors (Lipinski definition) is 2. The second-order valence-electron chi connectivity index (χ2n) is 5.14. The second-order valence-corrected chi connectivity index (χ2v) is 5.14. The standard InChI is InChI=1S/C15H18N2O2/c18-15(19)13-4-3-12-5-8-17(14(12)11-13)10-9-16-6-1-2-7-16/h3-5,8,11H,1-2,6-7,9-10H2,(H,18,19). The van der Waals surface area contributed by atoms with Gasteiger partial charge in [0.1, 0.15) is 0 Å². The van der Waals surface area contributed by atoms with Gasteiger partial charge in [-0.1, -0.05) is 6.07 Å². The van der Waals surface area contributed by atoms with Gasteiger partial charge >= 0.3 is 5.97 Å². The van der Waals surface area contributed by atoms with Crippen LogP contribution in [0.5, 0.6) is 0 Å².